The Balaban J connectivity index is 0.00000176. The van der Waals surface area contributed by atoms with Gasteiger partial charge in [0, 0.05) is 17.0 Å². The number of hydrogen-bond donors (Lipinski definition) is 3. The molecule has 0 bridgehead atoms. The number of benzene rings is 1. The maximum atomic E-state index is 11.9. The molecule has 1 aliphatic rings. The van der Waals surface area contributed by atoms with Crippen LogP contribution in [0.4, 0.5) is 0 Å². The van der Waals surface area contributed by atoms with Crippen LogP contribution < -0.4 is 10.1 Å². The van der Waals surface area contributed by atoms with Gasteiger partial charge in [-0.25, -0.2) is 9.36 Å². The Hall–Kier alpha value is -0.820. The Morgan fingerprint density at radius 2 is 1.77 bits per heavy atom. The van der Waals surface area contributed by atoms with E-state index in [1.807, 2.05) is 0 Å². The van der Waals surface area contributed by atoms with Gasteiger partial charge in [-0.15, -0.1) is 0 Å². The van der Waals surface area contributed by atoms with Gasteiger partial charge in [-0.2, -0.15) is 0 Å². The number of fused-ring (bicyclic) bond motifs is 3. The number of aromatic hydroxyl groups is 1. The Kier molecular flexibility index (Phi) is 5.06. The van der Waals surface area contributed by atoms with Crippen LogP contribution in [-0.4, -0.2) is 44.5 Å². The number of phosphoric acid groups is 1. The minimum absolute atomic E-state index is 0. The van der Waals surface area contributed by atoms with E-state index < -0.39 is 19.2 Å². The molecule has 1 aromatic heterocycles. The Morgan fingerprint density at radius 3 is 2.41 bits per heavy atom. The van der Waals surface area contributed by atoms with Gasteiger partial charge in [0.1, 0.15) is 5.58 Å². The number of phosphoric ester groups is 1. The van der Waals surface area contributed by atoms with Crippen molar-refractivity contribution in [3.63, 3.8) is 0 Å². The van der Waals surface area contributed by atoms with Crippen LogP contribution in [0.3, 0.4) is 0 Å². The molecular formula is C13H14NaO7P. The van der Waals surface area contributed by atoms with Gasteiger partial charge in [0.15, 0.2) is 11.5 Å². The van der Waals surface area contributed by atoms with Gasteiger partial charge in [-0.3, -0.25) is 9.79 Å². The van der Waals surface area contributed by atoms with Gasteiger partial charge < -0.3 is 14.0 Å². The van der Waals surface area contributed by atoms with E-state index in [1.165, 1.54) is 6.07 Å². The summed E-state index contributed by atoms with van der Waals surface area (Å²) >= 11 is 0. The first-order chi connectivity index (χ1) is 9.85. The van der Waals surface area contributed by atoms with Gasteiger partial charge in [0.25, 0.3) is 0 Å². The Labute approximate surface area is 147 Å². The summed E-state index contributed by atoms with van der Waals surface area (Å²) in [6, 6.07) is 2.44. The van der Waals surface area contributed by atoms with Gasteiger partial charge in [-0.1, -0.05) is 0 Å². The average molecular weight is 336 g/mol. The molecule has 0 saturated heterocycles. The number of aryl methyl sites for hydroxylation is 1. The van der Waals surface area contributed by atoms with Crippen LogP contribution in [0, 0.1) is 0 Å². The summed E-state index contributed by atoms with van der Waals surface area (Å²) in [6.07, 6.45) is 3.11. The van der Waals surface area contributed by atoms with Gasteiger partial charge in [-0.05, 0) is 37.3 Å². The molecule has 0 atom stereocenters. The third kappa shape index (κ3) is 3.40. The fraction of sp³-hybridized carbons (Fsp3) is 0.308. The van der Waals surface area contributed by atoms with Crippen molar-refractivity contribution < 1.29 is 28.4 Å². The first-order valence-electron chi connectivity index (χ1n) is 6.42. The van der Waals surface area contributed by atoms with Crippen LogP contribution >= 0.6 is 7.82 Å². The minimum atomic E-state index is -4.78. The van der Waals surface area contributed by atoms with Crippen LogP contribution in [0.2, 0.25) is 0 Å². The molecule has 0 aliphatic heterocycles. The van der Waals surface area contributed by atoms with Crippen molar-refractivity contribution in [3.05, 3.63) is 33.7 Å². The number of phenols is 1. The van der Waals surface area contributed by atoms with Crippen molar-refractivity contribution in [1.82, 2.24) is 0 Å². The van der Waals surface area contributed by atoms with E-state index in [4.69, 9.17) is 14.2 Å². The Morgan fingerprint density at radius 1 is 1.14 bits per heavy atom. The molecule has 2 aromatic rings. The second-order valence-electron chi connectivity index (χ2n) is 4.95. The van der Waals surface area contributed by atoms with E-state index in [2.05, 4.69) is 4.52 Å². The molecule has 1 heterocycles. The summed E-state index contributed by atoms with van der Waals surface area (Å²) in [4.78, 5) is 29.6. The van der Waals surface area contributed by atoms with E-state index in [9.17, 15) is 14.5 Å². The molecule has 0 amide bonds. The molecule has 1 aromatic carbocycles. The molecule has 0 unspecified atom stereocenters. The monoisotopic (exact) mass is 336 g/mol. The van der Waals surface area contributed by atoms with Crippen LogP contribution in [0.1, 0.15) is 24.0 Å². The third-order valence-corrected chi connectivity index (χ3v) is 3.95. The number of rotatable bonds is 2. The SMILES string of the molecule is O=c1oc2cc(O)c(OP(=O)(O)O)cc2c2c1CCCC2.[NaH]. The van der Waals surface area contributed by atoms with Crippen LogP contribution in [0.15, 0.2) is 21.3 Å². The van der Waals surface area contributed by atoms with Crippen molar-refractivity contribution in [2.24, 2.45) is 0 Å². The molecule has 0 saturated carbocycles. The van der Waals surface area contributed by atoms with E-state index in [0.717, 1.165) is 24.5 Å². The summed E-state index contributed by atoms with van der Waals surface area (Å²) < 4.78 is 20.5. The van der Waals surface area contributed by atoms with Crippen molar-refractivity contribution in [2.75, 3.05) is 0 Å². The standard InChI is InChI=1S/C13H13O7P.Na.H/c14-10-6-11-9(5-12(10)20-21(16,17)18)7-3-1-2-4-8(7)13(15)19-11;;/h5-6,14H,1-4H2,(H2,16,17,18);;. The molecule has 3 N–H and O–H groups in total. The molecule has 0 spiro atoms. The van der Waals surface area contributed by atoms with Crippen LogP contribution in [-0.2, 0) is 17.4 Å². The fourth-order valence-corrected chi connectivity index (χ4v) is 3.06. The van der Waals surface area contributed by atoms with Crippen molar-refractivity contribution in [2.45, 2.75) is 25.7 Å². The van der Waals surface area contributed by atoms with Crippen molar-refractivity contribution in [3.8, 4) is 11.5 Å². The van der Waals surface area contributed by atoms with Crippen LogP contribution in [0.5, 0.6) is 11.5 Å². The first-order valence-corrected chi connectivity index (χ1v) is 7.95. The fourth-order valence-electron chi connectivity index (χ4n) is 2.66. The molecule has 1 aliphatic carbocycles. The summed E-state index contributed by atoms with van der Waals surface area (Å²) in [6.45, 7) is 0. The van der Waals surface area contributed by atoms with E-state index in [-0.39, 0.29) is 40.9 Å². The van der Waals surface area contributed by atoms with Crippen molar-refractivity contribution >= 4 is 48.3 Å². The molecule has 0 radical (unpaired) electrons. The topological polar surface area (TPSA) is 117 Å². The first kappa shape index (κ1) is 17.5. The molecule has 9 heteroatoms. The molecule has 7 nitrogen and oxygen atoms in total. The normalized spacial score (nSPS) is 14.3. The summed E-state index contributed by atoms with van der Waals surface area (Å²) in [5, 5.41) is 10.3. The van der Waals surface area contributed by atoms with E-state index in [0.29, 0.717) is 23.8 Å². The molecule has 0 fully saturated rings. The number of phenolic OH excluding ortho intramolecular Hbond substituents is 1. The third-order valence-electron chi connectivity index (χ3n) is 3.52. The van der Waals surface area contributed by atoms with Gasteiger partial charge in [0.05, 0.1) is 0 Å². The molecule has 114 valence electrons. The average Bonchev–Trinajstić information content (AvgIpc) is 2.39. The quantitative estimate of drug-likeness (QED) is 0.428. The van der Waals surface area contributed by atoms with Gasteiger partial charge >= 0.3 is 43.0 Å². The second kappa shape index (κ2) is 6.35. The summed E-state index contributed by atoms with van der Waals surface area (Å²) in [5.74, 6) is -0.831. The molecular weight excluding hydrogens is 322 g/mol. The summed E-state index contributed by atoms with van der Waals surface area (Å²) in [7, 11) is -4.78. The number of hydrogen-bond acceptors (Lipinski definition) is 5. The second-order valence-corrected chi connectivity index (χ2v) is 6.12. The zero-order chi connectivity index (χ0) is 15.2. The predicted octanol–water partition coefficient (Wildman–Crippen LogP) is 1.20. The maximum absolute atomic E-state index is 11.9. The Bertz CT molecular complexity index is 823. The molecule has 22 heavy (non-hydrogen) atoms. The van der Waals surface area contributed by atoms with E-state index >= 15 is 0 Å². The zero-order valence-corrected chi connectivity index (χ0v) is 11.8. The summed E-state index contributed by atoms with van der Waals surface area (Å²) in [5.41, 5.74) is 1.13. The van der Waals surface area contributed by atoms with Gasteiger partial charge in [0.2, 0.25) is 0 Å². The van der Waals surface area contributed by atoms with E-state index in [1.54, 1.807) is 0 Å². The van der Waals surface area contributed by atoms with Crippen LogP contribution in [0.25, 0.3) is 11.0 Å². The van der Waals surface area contributed by atoms with Crippen molar-refractivity contribution in [1.29, 1.82) is 0 Å². The molecule has 3 rings (SSSR count). The zero-order valence-electron chi connectivity index (χ0n) is 10.9. The predicted molar refractivity (Wildman–Crippen MR) is 80.6 cm³/mol.